The van der Waals surface area contributed by atoms with Gasteiger partial charge in [-0.2, -0.15) is 0 Å². The van der Waals surface area contributed by atoms with Gasteiger partial charge in [-0.3, -0.25) is 0 Å². The second-order valence-corrected chi connectivity index (χ2v) is 17.5. The van der Waals surface area contributed by atoms with Crippen molar-refractivity contribution < 1.29 is 4.42 Å². The SMILES string of the molecule is c1ccc(-c2ccc(-c3c4ccccc4cc4c3oc3c(N(c5ccc6c(c5)C(c5ccccc5)(c5ccccc5)c5ccccc5-6)c5ccccc5-c5ccccc5)cccc34)cc2)cc1. The molecular formula is C65H43NO. The van der Waals surface area contributed by atoms with Crippen LogP contribution in [-0.2, 0) is 5.41 Å². The molecule has 11 aromatic carbocycles. The lowest BCUT2D eigenvalue weighted by molar-refractivity contribution is 0.670. The molecular weight excluding hydrogens is 811 g/mol. The molecule has 0 saturated heterocycles. The average Bonchev–Trinajstić information content (AvgIpc) is 3.93. The number of hydrogen-bond acceptors (Lipinski definition) is 2. The predicted molar refractivity (Wildman–Crippen MR) is 280 cm³/mol. The Morgan fingerprint density at radius 2 is 0.851 bits per heavy atom. The minimum atomic E-state index is -0.564. The van der Waals surface area contributed by atoms with Gasteiger partial charge in [0.25, 0.3) is 0 Å². The molecule has 0 fully saturated rings. The van der Waals surface area contributed by atoms with Crippen LogP contribution >= 0.6 is 0 Å². The van der Waals surface area contributed by atoms with E-state index < -0.39 is 5.41 Å². The van der Waals surface area contributed by atoms with Crippen molar-refractivity contribution in [2.75, 3.05) is 4.90 Å². The first kappa shape index (κ1) is 38.7. The van der Waals surface area contributed by atoms with Gasteiger partial charge in [0.05, 0.1) is 16.8 Å². The summed E-state index contributed by atoms with van der Waals surface area (Å²) in [5.41, 5.74) is 18.6. The maximum atomic E-state index is 7.44. The molecule has 0 unspecified atom stereocenters. The van der Waals surface area contributed by atoms with Crippen LogP contribution in [0.15, 0.2) is 265 Å². The first-order valence-electron chi connectivity index (χ1n) is 23.1. The largest absolute Gasteiger partial charge is 0.453 e. The molecule has 314 valence electrons. The first-order valence-corrected chi connectivity index (χ1v) is 23.1. The van der Waals surface area contributed by atoms with E-state index in [0.717, 1.165) is 66.6 Å². The van der Waals surface area contributed by atoms with Crippen LogP contribution in [0.3, 0.4) is 0 Å². The highest BCUT2D eigenvalue weighted by atomic mass is 16.3. The summed E-state index contributed by atoms with van der Waals surface area (Å²) in [4.78, 5) is 2.44. The minimum Gasteiger partial charge on any atom is -0.453 e. The monoisotopic (exact) mass is 853 g/mol. The number of rotatable bonds is 8. The minimum absolute atomic E-state index is 0.564. The fourth-order valence-corrected chi connectivity index (χ4v) is 11.0. The van der Waals surface area contributed by atoms with Crippen LogP contribution in [0.4, 0.5) is 17.1 Å². The molecule has 12 aromatic rings. The Labute approximate surface area is 390 Å². The Bertz CT molecular complexity index is 3740. The van der Waals surface area contributed by atoms with E-state index in [1.54, 1.807) is 0 Å². The number of hydrogen-bond donors (Lipinski definition) is 0. The molecule has 1 heterocycles. The van der Waals surface area contributed by atoms with Gasteiger partial charge in [0, 0.05) is 27.6 Å². The van der Waals surface area contributed by atoms with Crippen LogP contribution in [0.25, 0.3) is 77.2 Å². The van der Waals surface area contributed by atoms with Gasteiger partial charge < -0.3 is 9.32 Å². The average molecular weight is 854 g/mol. The molecule has 0 N–H and O–H groups in total. The third-order valence-electron chi connectivity index (χ3n) is 13.9. The number of furan rings is 1. The Morgan fingerprint density at radius 1 is 0.313 bits per heavy atom. The van der Waals surface area contributed by atoms with Crippen molar-refractivity contribution in [3.8, 4) is 44.5 Å². The van der Waals surface area contributed by atoms with E-state index >= 15 is 0 Å². The van der Waals surface area contributed by atoms with Crippen LogP contribution in [0, 0.1) is 0 Å². The summed E-state index contributed by atoms with van der Waals surface area (Å²) < 4.78 is 7.44. The summed E-state index contributed by atoms with van der Waals surface area (Å²) in [5.74, 6) is 0. The second-order valence-electron chi connectivity index (χ2n) is 17.5. The highest BCUT2D eigenvalue weighted by Crippen LogP contribution is 2.58. The Balaban J connectivity index is 1.09. The number of para-hydroxylation sites is 2. The molecule has 0 bridgehead atoms. The summed E-state index contributed by atoms with van der Waals surface area (Å²) in [6, 6.07) is 94.8. The Hall–Kier alpha value is -8.72. The highest BCUT2D eigenvalue weighted by molar-refractivity contribution is 6.20. The van der Waals surface area contributed by atoms with Crippen molar-refractivity contribution >= 4 is 49.8 Å². The summed E-state index contributed by atoms with van der Waals surface area (Å²) in [6.45, 7) is 0. The van der Waals surface area contributed by atoms with E-state index in [-0.39, 0.29) is 0 Å². The molecule has 0 atom stereocenters. The van der Waals surface area contributed by atoms with Crippen molar-refractivity contribution in [1.29, 1.82) is 0 Å². The van der Waals surface area contributed by atoms with E-state index in [2.05, 4.69) is 266 Å². The lowest BCUT2D eigenvalue weighted by atomic mass is 9.67. The van der Waals surface area contributed by atoms with Gasteiger partial charge in [-0.05, 0) is 96.7 Å². The van der Waals surface area contributed by atoms with E-state index in [9.17, 15) is 0 Å². The molecule has 0 saturated carbocycles. The van der Waals surface area contributed by atoms with Gasteiger partial charge in [0.15, 0.2) is 5.58 Å². The summed E-state index contributed by atoms with van der Waals surface area (Å²) in [7, 11) is 0. The molecule has 0 amide bonds. The zero-order valence-corrected chi connectivity index (χ0v) is 36.7. The Morgan fingerprint density at radius 3 is 1.58 bits per heavy atom. The van der Waals surface area contributed by atoms with Crippen LogP contribution in [0.5, 0.6) is 0 Å². The first-order chi connectivity index (χ1) is 33.3. The lowest BCUT2D eigenvalue weighted by Crippen LogP contribution is -2.28. The van der Waals surface area contributed by atoms with E-state index in [1.165, 1.54) is 49.9 Å². The topological polar surface area (TPSA) is 16.4 Å². The molecule has 2 nitrogen and oxygen atoms in total. The smallest absolute Gasteiger partial charge is 0.159 e. The van der Waals surface area contributed by atoms with Crippen molar-refractivity contribution in [2.45, 2.75) is 5.41 Å². The molecule has 0 radical (unpaired) electrons. The molecule has 1 aliphatic rings. The molecule has 0 aliphatic heterocycles. The van der Waals surface area contributed by atoms with Gasteiger partial charge in [-0.25, -0.2) is 0 Å². The standard InChI is InChI=1S/C65H43NO/c1-5-20-44(21-6-1)45-36-38-47(39-37-45)62-53-30-14-13-24-48(53)42-57-56-32-19-35-61(63(56)67-64(57)62)66(60-34-18-16-29-52(60)46-22-7-2-8-23-46)51-40-41-55-54-31-15-17-33-58(54)65(59(55)43-51,49-25-9-3-10-26-49)50-27-11-4-12-28-50/h1-43H. The summed E-state index contributed by atoms with van der Waals surface area (Å²) >= 11 is 0. The summed E-state index contributed by atoms with van der Waals surface area (Å²) in [6.07, 6.45) is 0. The Kier molecular flexibility index (Phi) is 9.11. The zero-order chi connectivity index (χ0) is 44.3. The lowest BCUT2D eigenvalue weighted by Gasteiger charge is -2.35. The maximum Gasteiger partial charge on any atom is 0.159 e. The van der Waals surface area contributed by atoms with Gasteiger partial charge >= 0.3 is 0 Å². The van der Waals surface area contributed by atoms with Crippen LogP contribution in [-0.4, -0.2) is 0 Å². The van der Waals surface area contributed by atoms with Gasteiger partial charge in [0.2, 0.25) is 0 Å². The third-order valence-corrected chi connectivity index (χ3v) is 13.9. The van der Waals surface area contributed by atoms with E-state index in [0.29, 0.717) is 0 Å². The quantitative estimate of drug-likeness (QED) is 0.151. The number of fused-ring (bicyclic) bond motifs is 7. The molecule has 1 aliphatic carbocycles. The van der Waals surface area contributed by atoms with Crippen LogP contribution in [0.1, 0.15) is 22.3 Å². The van der Waals surface area contributed by atoms with E-state index in [1.807, 2.05) is 0 Å². The maximum absolute atomic E-state index is 7.44. The molecule has 0 spiro atoms. The highest BCUT2D eigenvalue weighted by Gasteiger charge is 2.46. The third kappa shape index (κ3) is 6.11. The molecule has 2 heteroatoms. The fraction of sp³-hybridized carbons (Fsp3) is 0.0154. The number of nitrogens with zero attached hydrogens (tertiary/aromatic N) is 1. The van der Waals surface area contributed by atoms with Crippen LogP contribution in [0.2, 0.25) is 0 Å². The van der Waals surface area contributed by atoms with Crippen molar-refractivity contribution in [3.63, 3.8) is 0 Å². The van der Waals surface area contributed by atoms with Gasteiger partial charge in [0.1, 0.15) is 5.58 Å². The van der Waals surface area contributed by atoms with Crippen molar-refractivity contribution in [2.24, 2.45) is 0 Å². The number of benzene rings is 11. The van der Waals surface area contributed by atoms with E-state index in [4.69, 9.17) is 4.42 Å². The molecule has 1 aromatic heterocycles. The normalized spacial score (nSPS) is 12.6. The molecule has 13 rings (SSSR count). The number of anilines is 3. The predicted octanol–water partition coefficient (Wildman–Crippen LogP) is 17.6. The summed E-state index contributed by atoms with van der Waals surface area (Å²) in [5, 5.41) is 4.49. The molecule has 67 heavy (non-hydrogen) atoms. The van der Waals surface area contributed by atoms with Gasteiger partial charge in [-0.15, -0.1) is 0 Å². The zero-order valence-electron chi connectivity index (χ0n) is 36.7. The fourth-order valence-electron chi connectivity index (χ4n) is 11.0. The van der Waals surface area contributed by atoms with Gasteiger partial charge in [-0.1, -0.05) is 231 Å². The van der Waals surface area contributed by atoms with Crippen molar-refractivity contribution in [1.82, 2.24) is 0 Å². The second kappa shape index (κ2) is 15.8. The van der Waals surface area contributed by atoms with Crippen LogP contribution < -0.4 is 4.90 Å². The van der Waals surface area contributed by atoms with Crippen molar-refractivity contribution in [3.05, 3.63) is 283 Å².